The van der Waals surface area contributed by atoms with Gasteiger partial charge in [0.25, 0.3) is 11.7 Å². The van der Waals surface area contributed by atoms with Crippen molar-refractivity contribution in [1.29, 1.82) is 0 Å². The number of nitrogens with zero attached hydrogens (tertiary/aromatic N) is 3. The van der Waals surface area contributed by atoms with Crippen LogP contribution < -0.4 is 9.47 Å². The summed E-state index contributed by atoms with van der Waals surface area (Å²) in [7, 11) is 1.43. The van der Waals surface area contributed by atoms with Crippen LogP contribution in [-0.2, 0) is 22.6 Å². The first kappa shape index (κ1) is 23.5. The zero-order chi connectivity index (χ0) is 25.4. The molecule has 1 fully saturated rings. The molecule has 5 rings (SSSR count). The first-order valence-corrected chi connectivity index (χ1v) is 11.8. The number of Topliss-reactive ketones (excluding diaryl/α,β-unsaturated/α-hetero) is 1. The van der Waals surface area contributed by atoms with Crippen LogP contribution in [0.15, 0.2) is 60.7 Å². The Morgan fingerprint density at radius 1 is 1.19 bits per heavy atom. The maximum atomic E-state index is 13.3. The van der Waals surface area contributed by atoms with Gasteiger partial charge < -0.3 is 29.2 Å². The van der Waals surface area contributed by atoms with E-state index >= 15 is 0 Å². The molecule has 2 N–H and O–H groups in total. The minimum atomic E-state index is -0.842. The highest BCUT2D eigenvalue weighted by Crippen LogP contribution is 2.42. The number of aromatic nitrogens is 2. The second-order valence-corrected chi connectivity index (χ2v) is 9.03. The van der Waals surface area contributed by atoms with E-state index in [1.165, 1.54) is 18.1 Å². The number of ether oxygens (including phenoxy) is 2. The molecule has 186 valence electrons. The predicted octanol–water partition coefficient (Wildman–Crippen LogP) is 3.43. The molecule has 1 saturated heterocycles. The summed E-state index contributed by atoms with van der Waals surface area (Å²) in [4.78, 5) is 32.0. The number of rotatable bonds is 7. The average Bonchev–Trinajstić information content (AvgIpc) is 3.58. The van der Waals surface area contributed by atoms with Gasteiger partial charge in [-0.2, -0.15) is 0 Å². The normalized spacial score (nSPS) is 20.4. The number of fused-ring (bicyclic) bond motifs is 1. The molecule has 9 nitrogen and oxygen atoms in total. The number of phenols is 1. The van der Waals surface area contributed by atoms with Crippen molar-refractivity contribution in [3.63, 3.8) is 0 Å². The van der Waals surface area contributed by atoms with Crippen LogP contribution in [0.1, 0.15) is 36.1 Å². The van der Waals surface area contributed by atoms with Crippen LogP contribution in [0.5, 0.6) is 17.2 Å². The number of ketones is 1. The summed E-state index contributed by atoms with van der Waals surface area (Å²) in [6.45, 7) is 2.85. The number of benzene rings is 2. The molecule has 0 aliphatic carbocycles. The maximum absolute atomic E-state index is 13.3. The summed E-state index contributed by atoms with van der Waals surface area (Å²) in [5.41, 5.74) is 1.93. The average molecular weight is 490 g/mol. The Labute approximate surface area is 208 Å². The maximum Gasteiger partial charge on any atom is 0.295 e. The number of methoxy groups -OCH3 is 1. The van der Waals surface area contributed by atoms with Gasteiger partial charge in [0.1, 0.15) is 17.6 Å². The fraction of sp³-hybridized carbons (Fsp3) is 0.296. The van der Waals surface area contributed by atoms with Crippen LogP contribution >= 0.6 is 0 Å². The SMILES string of the molecule is COc1cc([C@@H]2/C(=C(\O)c3ccc4c(c3)C[C@@H](C)O4)C(=O)C(=O)N2CCCn2ccnc2)ccc1O. The van der Waals surface area contributed by atoms with Crippen molar-refractivity contribution in [2.24, 2.45) is 0 Å². The van der Waals surface area contributed by atoms with Crippen molar-refractivity contribution in [2.45, 2.75) is 38.5 Å². The van der Waals surface area contributed by atoms with Crippen LogP contribution in [0.3, 0.4) is 0 Å². The van der Waals surface area contributed by atoms with Crippen LogP contribution in [-0.4, -0.2) is 56.1 Å². The molecule has 0 spiro atoms. The van der Waals surface area contributed by atoms with Gasteiger partial charge in [0.05, 0.1) is 25.1 Å². The number of phenolic OH excluding ortho intramolecular Hbond substituents is 1. The molecule has 2 atom stereocenters. The van der Waals surface area contributed by atoms with Crippen LogP contribution in [0.25, 0.3) is 5.76 Å². The van der Waals surface area contributed by atoms with Gasteiger partial charge in [-0.05, 0) is 54.8 Å². The van der Waals surface area contributed by atoms with Gasteiger partial charge in [-0.15, -0.1) is 0 Å². The second kappa shape index (κ2) is 9.41. The Bertz CT molecular complexity index is 1350. The number of likely N-dealkylation sites (tertiary alicyclic amines) is 1. The lowest BCUT2D eigenvalue weighted by molar-refractivity contribution is -0.139. The third-order valence-electron chi connectivity index (χ3n) is 6.60. The van der Waals surface area contributed by atoms with Crippen LogP contribution in [0, 0.1) is 0 Å². The number of aliphatic hydroxyl groups excluding tert-OH is 1. The number of carbonyl (C=O) groups excluding carboxylic acids is 2. The van der Waals surface area contributed by atoms with Crippen molar-refractivity contribution in [3.8, 4) is 17.2 Å². The van der Waals surface area contributed by atoms with Gasteiger partial charge in [0.2, 0.25) is 0 Å². The number of hydrogen-bond donors (Lipinski definition) is 2. The summed E-state index contributed by atoms with van der Waals surface area (Å²) < 4.78 is 12.9. The highest BCUT2D eigenvalue weighted by atomic mass is 16.5. The number of imidazole rings is 1. The lowest BCUT2D eigenvalue weighted by Gasteiger charge is -2.26. The first-order chi connectivity index (χ1) is 17.4. The van der Waals surface area contributed by atoms with Crippen LogP contribution in [0.2, 0.25) is 0 Å². The summed E-state index contributed by atoms with van der Waals surface area (Å²) in [5, 5.41) is 21.5. The van der Waals surface area contributed by atoms with E-state index in [0.29, 0.717) is 30.5 Å². The molecule has 1 aromatic heterocycles. The van der Waals surface area contributed by atoms with Gasteiger partial charge >= 0.3 is 0 Å². The lowest BCUT2D eigenvalue weighted by atomic mass is 9.94. The van der Waals surface area contributed by atoms with Crippen LogP contribution in [0.4, 0.5) is 0 Å². The Hall–Kier alpha value is -4.27. The number of carbonyl (C=O) groups is 2. The van der Waals surface area contributed by atoms with E-state index in [9.17, 15) is 19.8 Å². The Balaban J connectivity index is 1.56. The summed E-state index contributed by atoms with van der Waals surface area (Å²) >= 11 is 0. The molecule has 0 unspecified atom stereocenters. The van der Waals surface area contributed by atoms with Crippen molar-refractivity contribution in [1.82, 2.24) is 14.5 Å². The van der Waals surface area contributed by atoms with Crippen molar-refractivity contribution in [3.05, 3.63) is 77.4 Å². The highest BCUT2D eigenvalue weighted by Gasteiger charge is 2.46. The molecule has 2 aliphatic rings. The molecule has 9 heteroatoms. The standard InChI is InChI=1S/C27H27N3O6/c1-16-12-19-13-18(5-7-21(19)36-16)25(32)23-24(17-4-6-20(31)22(14-17)35-2)30(27(34)26(23)33)10-3-9-29-11-8-28-15-29/h4-8,11,13-16,24,31-32H,3,9-10,12H2,1-2H3/b25-23+/t16-,24-/m1/s1. The summed E-state index contributed by atoms with van der Waals surface area (Å²) in [6, 6.07) is 9.08. The number of aliphatic hydroxyl groups is 1. The molecular weight excluding hydrogens is 462 g/mol. The Kier molecular flexibility index (Phi) is 6.13. The quantitative estimate of drug-likeness (QED) is 0.297. The van der Waals surface area contributed by atoms with E-state index in [0.717, 1.165) is 11.3 Å². The molecule has 0 bridgehead atoms. The van der Waals surface area contributed by atoms with E-state index in [-0.39, 0.29) is 35.5 Å². The second-order valence-electron chi connectivity index (χ2n) is 9.03. The zero-order valence-electron chi connectivity index (χ0n) is 20.0. The van der Waals surface area contributed by atoms with Crippen molar-refractivity contribution < 1.29 is 29.3 Å². The van der Waals surface area contributed by atoms with Crippen molar-refractivity contribution in [2.75, 3.05) is 13.7 Å². The number of hydrogen-bond acceptors (Lipinski definition) is 7. The number of aryl methyl sites for hydroxylation is 1. The monoisotopic (exact) mass is 489 g/mol. The highest BCUT2D eigenvalue weighted by molar-refractivity contribution is 6.46. The van der Waals surface area contributed by atoms with E-state index in [1.54, 1.807) is 42.9 Å². The molecule has 2 aliphatic heterocycles. The largest absolute Gasteiger partial charge is 0.507 e. The molecular formula is C27H27N3O6. The molecule has 0 radical (unpaired) electrons. The molecule has 36 heavy (non-hydrogen) atoms. The van der Waals surface area contributed by atoms with E-state index in [1.807, 2.05) is 17.7 Å². The van der Waals surface area contributed by atoms with Gasteiger partial charge in [0, 0.05) is 37.5 Å². The smallest absolute Gasteiger partial charge is 0.295 e. The Morgan fingerprint density at radius 2 is 2.03 bits per heavy atom. The lowest BCUT2D eigenvalue weighted by Crippen LogP contribution is -2.31. The van der Waals surface area contributed by atoms with Gasteiger partial charge in [-0.1, -0.05) is 6.07 Å². The van der Waals surface area contributed by atoms with Gasteiger partial charge in [0.15, 0.2) is 11.5 Å². The predicted molar refractivity (Wildman–Crippen MR) is 131 cm³/mol. The summed E-state index contributed by atoms with van der Waals surface area (Å²) in [5.74, 6) is -0.787. The number of aromatic hydroxyl groups is 1. The van der Waals surface area contributed by atoms with E-state index < -0.39 is 17.7 Å². The molecule has 3 aromatic rings. The summed E-state index contributed by atoms with van der Waals surface area (Å²) in [6.07, 6.45) is 6.49. The minimum absolute atomic E-state index is 0.00212. The Morgan fingerprint density at radius 3 is 2.78 bits per heavy atom. The molecule has 1 amide bonds. The number of amides is 1. The fourth-order valence-electron chi connectivity index (χ4n) is 4.89. The molecule has 3 heterocycles. The zero-order valence-corrected chi connectivity index (χ0v) is 20.0. The molecule has 0 saturated carbocycles. The third-order valence-corrected chi connectivity index (χ3v) is 6.60. The van der Waals surface area contributed by atoms with Gasteiger partial charge in [-0.25, -0.2) is 4.98 Å². The fourth-order valence-corrected chi connectivity index (χ4v) is 4.89. The van der Waals surface area contributed by atoms with Crippen molar-refractivity contribution >= 4 is 17.4 Å². The molecule has 2 aromatic carbocycles. The van der Waals surface area contributed by atoms with Gasteiger partial charge in [-0.3, -0.25) is 9.59 Å². The third kappa shape index (κ3) is 4.17. The topological polar surface area (TPSA) is 114 Å². The van der Waals surface area contributed by atoms with E-state index in [4.69, 9.17) is 9.47 Å². The van der Waals surface area contributed by atoms with E-state index in [2.05, 4.69) is 4.98 Å². The minimum Gasteiger partial charge on any atom is -0.507 e. The first-order valence-electron chi connectivity index (χ1n) is 11.8.